The number of likely N-dealkylation sites (tertiary alicyclic amines) is 1. The lowest BCUT2D eigenvalue weighted by atomic mass is 9.78. The van der Waals surface area contributed by atoms with E-state index < -0.39 is 0 Å². The Hall–Kier alpha value is -1.12. The van der Waals surface area contributed by atoms with Gasteiger partial charge in [0.2, 0.25) is 11.8 Å². The zero-order valence-electron chi connectivity index (χ0n) is 8.56. The van der Waals surface area contributed by atoms with Crippen molar-refractivity contribution in [3.63, 3.8) is 0 Å². The molecular weight excluding hydrogens is 178 g/mol. The first-order valence-corrected chi connectivity index (χ1v) is 5.18. The van der Waals surface area contributed by atoms with Crippen LogP contribution in [0, 0.1) is 17.8 Å². The second kappa shape index (κ2) is 3.23. The molecule has 0 saturated carbocycles. The van der Waals surface area contributed by atoms with Crippen molar-refractivity contribution in [1.82, 2.24) is 4.90 Å². The summed E-state index contributed by atoms with van der Waals surface area (Å²) < 4.78 is 0. The molecule has 2 amide bonds. The Labute approximate surface area is 83.8 Å². The lowest BCUT2D eigenvalue weighted by molar-refractivity contribution is -0.139. The van der Waals surface area contributed by atoms with Crippen LogP contribution in [-0.2, 0) is 9.59 Å². The standard InChI is InChI=1S/C11H15NO2/c1-3-12-10(13)8-6-4-5-7(2)9(8)11(12)14/h4-5,7-9H,3,6H2,1-2H3. The number of hydrogen-bond donors (Lipinski definition) is 0. The summed E-state index contributed by atoms with van der Waals surface area (Å²) in [5.74, 6) is 0.0923. The fourth-order valence-electron chi connectivity index (χ4n) is 2.52. The fraction of sp³-hybridized carbons (Fsp3) is 0.636. The Bertz CT molecular complexity index is 308. The summed E-state index contributed by atoms with van der Waals surface area (Å²) in [4.78, 5) is 25.1. The number of fused-ring (bicyclic) bond motifs is 1. The van der Waals surface area contributed by atoms with Crippen molar-refractivity contribution in [2.75, 3.05) is 6.54 Å². The van der Waals surface area contributed by atoms with Crippen LogP contribution >= 0.6 is 0 Å². The number of hydrogen-bond acceptors (Lipinski definition) is 2. The van der Waals surface area contributed by atoms with Gasteiger partial charge in [-0.15, -0.1) is 0 Å². The molecule has 0 radical (unpaired) electrons. The molecule has 3 nitrogen and oxygen atoms in total. The molecule has 3 unspecified atom stereocenters. The zero-order valence-corrected chi connectivity index (χ0v) is 8.56. The van der Waals surface area contributed by atoms with Gasteiger partial charge in [-0.2, -0.15) is 0 Å². The summed E-state index contributed by atoms with van der Waals surface area (Å²) in [7, 11) is 0. The highest BCUT2D eigenvalue weighted by atomic mass is 16.2. The second-order valence-corrected chi connectivity index (χ2v) is 4.08. The molecule has 1 aliphatic carbocycles. The maximum Gasteiger partial charge on any atom is 0.233 e. The smallest absolute Gasteiger partial charge is 0.233 e. The molecule has 3 heteroatoms. The Morgan fingerprint density at radius 3 is 2.71 bits per heavy atom. The van der Waals surface area contributed by atoms with E-state index in [1.807, 2.05) is 26.0 Å². The third-order valence-electron chi connectivity index (χ3n) is 3.28. The van der Waals surface area contributed by atoms with Gasteiger partial charge in [-0.05, 0) is 19.3 Å². The van der Waals surface area contributed by atoms with Gasteiger partial charge >= 0.3 is 0 Å². The van der Waals surface area contributed by atoms with E-state index >= 15 is 0 Å². The van der Waals surface area contributed by atoms with Crippen molar-refractivity contribution in [3.8, 4) is 0 Å². The topological polar surface area (TPSA) is 37.4 Å². The highest BCUT2D eigenvalue weighted by Gasteiger charge is 2.48. The van der Waals surface area contributed by atoms with Crippen LogP contribution in [-0.4, -0.2) is 23.3 Å². The molecule has 0 aromatic carbocycles. The third kappa shape index (κ3) is 1.11. The van der Waals surface area contributed by atoms with Gasteiger partial charge in [-0.25, -0.2) is 0 Å². The number of allylic oxidation sites excluding steroid dienone is 2. The SMILES string of the molecule is CCN1C(=O)C2CC=CC(C)C2C1=O. The Kier molecular flexibility index (Phi) is 2.17. The molecule has 0 aromatic heterocycles. The van der Waals surface area contributed by atoms with Crippen molar-refractivity contribution in [2.24, 2.45) is 17.8 Å². The average Bonchev–Trinajstić information content (AvgIpc) is 2.41. The van der Waals surface area contributed by atoms with Gasteiger partial charge in [0, 0.05) is 6.54 Å². The summed E-state index contributed by atoms with van der Waals surface area (Å²) >= 11 is 0. The minimum atomic E-state index is -0.0903. The maximum atomic E-state index is 11.9. The highest BCUT2D eigenvalue weighted by Crippen LogP contribution is 2.37. The molecule has 14 heavy (non-hydrogen) atoms. The van der Waals surface area contributed by atoms with Crippen LogP contribution in [0.15, 0.2) is 12.2 Å². The van der Waals surface area contributed by atoms with Crippen molar-refractivity contribution in [2.45, 2.75) is 20.3 Å². The van der Waals surface area contributed by atoms with Crippen LogP contribution in [0.25, 0.3) is 0 Å². The highest BCUT2D eigenvalue weighted by molar-refractivity contribution is 6.05. The zero-order chi connectivity index (χ0) is 10.3. The predicted molar refractivity (Wildman–Crippen MR) is 52.3 cm³/mol. The van der Waals surface area contributed by atoms with E-state index in [1.54, 1.807) is 0 Å². The molecule has 0 N–H and O–H groups in total. The van der Waals surface area contributed by atoms with Gasteiger partial charge in [-0.3, -0.25) is 14.5 Å². The maximum absolute atomic E-state index is 11.9. The summed E-state index contributed by atoms with van der Waals surface area (Å²) in [5.41, 5.74) is 0. The van der Waals surface area contributed by atoms with E-state index in [4.69, 9.17) is 0 Å². The summed E-state index contributed by atoms with van der Waals surface area (Å²) in [6.45, 7) is 4.38. The van der Waals surface area contributed by atoms with Gasteiger partial charge in [-0.1, -0.05) is 19.1 Å². The molecule has 76 valence electrons. The molecule has 0 aromatic rings. The van der Waals surface area contributed by atoms with Crippen LogP contribution in [0.3, 0.4) is 0 Å². The van der Waals surface area contributed by atoms with Crippen LogP contribution in [0.5, 0.6) is 0 Å². The van der Waals surface area contributed by atoms with Crippen molar-refractivity contribution in [1.29, 1.82) is 0 Å². The Balaban J connectivity index is 2.32. The molecule has 1 heterocycles. The Morgan fingerprint density at radius 1 is 1.43 bits per heavy atom. The first-order chi connectivity index (χ1) is 6.66. The van der Waals surface area contributed by atoms with E-state index in [9.17, 15) is 9.59 Å². The van der Waals surface area contributed by atoms with E-state index in [0.717, 1.165) is 6.42 Å². The van der Waals surface area contributed by atoms with Gasteiger partial charge in [0.15, 0.2) is 0 Å². The molecule has 3 atom stereocenters. The molecule has 1 saturated heterocycles. The van der Waals surface area contributed by atoms with Gasteiger partial charge in [0.1, 0.15) is 0 Å². The van der Waals surface area contributed by atoms with Crippen LogP contribution < -0.4 is 0 Å². The van der Waals surface area contributed by atoms with Crippen LogP contribution in [0.4, 0.5) is 0 Å². The predicted octanol–water partition coefficient (Wildman–Crippen LogP) is 1.20. The molecule has 0 spiro atoms. The summed E-state index contributed by atoms with van der Waals surface area (Å²) in [6.07, 6.45) is 4.80. The third-order valence-corrected chi connectivity index (χ3v) is 3.28. The minimum Gasteiger partial charge on any atom is -0.282 e. The number of carbonyl (C=O) groups is 2. The molecule has 2 rings (SSSR count). The molecule has 0 bridgehead atoms. The van der Waals surface area contributed by atoms with Gasteiger partial charge < -0.3 is 0 Å². The molecule has 1 aliphatic heterocycles. The first kappa shape index (κ1) is 9.44. The van der Waals surface area contributed by atoms with Crippen LogP contribution in [0.2, 0.25) is 0 Å². The monoisotopic (exact) mass is 193 g/mol. The van der Waals surface area contributed by atoms with Crippen molar-refractivity contribution in [3.05, 3.63) is 12.2 Å². The number of nitrogens with zero attached hydrogens (tertiary/aromatic N) is 1. The van der Waals surface area contributed by atoms with Gasteiger partial charge in [0.05, 0.1) is 11.8 Å². The second-order valence-electron chi connectivity index (χ2n) is 4.08. The van der Waals surface area contributed by atoms with Gasteiger partial charge in [0.25, 0.3) is 0 Å². The van der Waals surface area contributed by atoms with Crippen molar-refractivity contribution >= 4 is 11.8 Å². The normalized spacial score (nSPS) is 36.4. The Morgan fingerprint density at radius 2 is 2.14 bits per heavy atom. The molecule has 1 fully saturated rings. The largest absolute Gasteiger partial charge is 0.282 e. The summed E-state index contributed by atoms with van der Waals surface area (Å²) in [6, 6.07) is 0. The first-order valence-electron chi connectivity index (χ1n) is 5.18. The lowest BCUT2D eigenvalue weighted by Gasteiger charge is -2.22. The van der Waals surface area contributed by atoms with E-state index in [-0.39, 0.29) is 29.6 Å². The fourth-order valence-corrected chi connectivity index (χ4v) is 2.52. The lowest BCUT2D eigenvalue weighted by Crippen LogP contribution is -2.31. The summed E-state index contributed by atoms with van der Waals surface area (Å²) in [5, 5.41) is 0. The van der Waals surface area contributed by atoms with Crippen molar-refractivity contribution < 1.29 is 9.59 Å². The van der Waals surface area contributed by atoms with Crippen LogP contribution in [0.1, 0.15) is 20.3 Å². The molecular formula is C11H15NO2. The number of imide groups is 1. The minimum absolute atomic E-state index is 0.0266. The number of amides is 2. The van der Waals surface area contributed by atoms with E-state index in [2.05, 4.69) is 0 Å². The number of carbonyl (C=O) groups excluding carboxylic acids is 2. The van der Waals surface area contributed by atoms with E-state index in [0.29, 0.717) is 6.54 Å². The molecule has 2 aliphatic rings. The average molecular weight is 193 g/mol. The number of rotatable bonds is 1. The quantitative estimate of drug-likeness (QED) is 0.463. The van der Waals surface area contributed by atoms with E-state index in [1.165, 1.54) is 4.90 Å².